The second kappa shape index (κ2) is 3.54. The molecule has 0 aliphatic rings. The van der Waals surface area contributed by atoms with E-state index in [9.17, 15) is 0 Å². The van der Waals surface area contributed by atoms with Gasteiger partial charge in [0.05, 0.1) is 10.4 Å². The van der Waals surface area contributed by atoms with Crippen LogP contribution in [0.2, 0.25) is 0 Å². The zero-order valence-electron chi connectivity index (χ0n) is 6.52. The van der Waals surface area contributed by atoms with Gasteiger partial charge in [0.25, 0.3) is 0 Å². The number of rotatable bonds is 2. The Kier molecular flexibility index (Phi) is 2.65. The molecule has 1 rings (SSSR count). The minimum absolute atomic E-state index is 1.03. The number of nitrogens with one attached hydrogen (secondary N) is 1. The summed E-state index contributed by atoms with van der Waals surface area (Å²) in [7, 11) is 1.07. The summed E-state index contributed by atoms with van der Waals surface area (Å²) in [6, 6.07) is 8.47. The predicted molar refractivity (Wildman–Crippen MR) is 48.0 cm³/mol. The molecule has 0 aromatic heterocycles. The second-order valence-electron chi connectivity index (χ2n) is 2.46. The molecule has 1 N–H and O–H groups in total. The number of benzene rings is 1. The van der Waals surface area contributed by atoms with E-state index in [1.54, 1.807) is 0 Å². The summed E-state index contributed by atoms with van der Waals surface area (Å²) in [5, 5.41) is 0. The molecule has 0 bridgehead atoms. The van der Waals surface area contributed by atoms with Crippen LogP contribution < -0.4 is 4.98 Å². The molecule has 0 aliphatic carbocycles. The van der Waals surface area contributed by atoms with Gasteiger partial charge in [-0.15, -0.1) is 0 Å². The van der Waals surface area contributed by atoms with E-state index in [4.69, 9.17) is 0 Å². The Morgan fingerprint density at radius 2 is 2.10 bits per heavy atom. The van der Waals surface area contributed by atoms with Gasteiger partial charge in [-0.3, -0.25) is 0 Å². The van der Waals surface area contributed by atoms with Crippen LogP contribution >= 0.6 is 0 Å². The zero-order chi connectivity index (χ0) is 7.40. The summed E-state index contributed by atoms with van der Waals surface area (Å²) in [4.78, 5) is 3.26. The highest BCUT2D eigenvalue weighted by Gasteiger charge is 1.91. The summed E-state index contributed by atoms with van der Waals surface area (Å²) >= 11 is 0. The highest BCUT2D eigenvalue weighted by Crippen LogP contribution is 2.05. The Hall–Kier alpha value is -0.603. The highest BCUT2D eigenvalue weighted by atomic mass is 28.2. The summed E-state index contributed by atoms with van der Waals surface area (Å²) in [6.07, 6.45) is 0. The third kappa shape index (κ3) is 1.69. The summed E-state index contributed by atoms with van der Waals surface area (Å²) in [6.45, 7) is 3.17. The molecule has 0 aliphatic heterocycles. The first kappa shape index (κ1) is 7.50. The molecule has 1 nitrogen and oxygen atoms in total. The van der Waals surface area contributed by atoms with E-state index in [2.05, 4.69) is 36.2 Å². The van der Waals surface area contributed by atoms with Gasteiger partial charge in [0.1, 0.15) is 0 Å². The molecule has 0 fully saturated rings. The average Bonchev–Trinajstić information content (AvgIpc) is 1.94. The van der Waals surface area contributed by atoms with Crippen molar-refractivity contribution in [1.82, 2.24) is 4.98 Å². The Morgan fingerprint density at radius 1 is 1.40 bits per heavy atom. The maximum atomic E-state index is 3.26. The van der Waals surface area contributed by atoms with Crippen LogP contribution in [0.15, 0.2) is 24.3 Å². The van der Waals surface area contributed by atoms with Gasteiger partial charge in [0, 0.05) is 6.54 Å². The van der Waals surface area contributed by atoms with Crippen molar-refractivity contribution >= 4 is 10.4 Å². The third-order valence-electron chi connectivity index (χ3n) is 1.63. The number of hydrogen-bond acceptors (Lipinski definition) is 1. The fraction of sp³-hybridized carbons (Fsp3) is 0.250. The minimum Gasteiger partial charge on any atom is -0.342 e. The molecule has 0 atom stereocenters. The Labute approximate surface area is 65.0 Å². The van der Waals surface area contributed by atoms with Crippen molar-refractivity contribution < 1.29 is 0 Å². The molecule has 0 saturated carbocycles. The molecule has 2 heteroatoms. The molecular weight excluding hydrogens is 138 g/mol. The van der Waals surface area contributed by atoms with Crippen molar-refractivity contribution in [2.45, 2.75) is 13.5 Å². The molecule has 0 heterocycles. The summed E-state index contributed by atoms with van der Waals surface area (Å²) in [5.74, 6) is 0. The van der Waals surface area contributed by atoms with Crippen molar-refractivity contribution in [2.75, 3.05) is 0 Å². The molecule has 54 valence electrons. The minimum atomic E-state index is 1.03. The van der Waals surface area contributed by atoms with Crippen LogP contribution in [0.1, 0.15) is 11.1 Å². The molecule has 0 spiro atoms. The zero-order valence-corrected chi connectivity index (χ0v) is 8.52. The normalized spacial score (nSPS) is 10.1. The van der Waals surface area contributed by atoms with Crippen LogP contribution in [0.4, 0.5) is 0 Å². The van der Waals surface area contributed by atoms with Crippen LogP contribution in [-0.4, -0.2) is 10.4 Å². The fourth-order valence-corrected chi connectivity index (χ4v) is 1.38. The van der Waals surface area contributed by atoms with Crippen LogP contribution in [0.5, 0.6) is 0 Å². The van der Waals surface area contributed by atoms with E-state index in [1.165, 1.54) is 11.1 Å². The van der Waals surface area contributed by atoms with Gasteiger partial charge in [-0.05, 0) is 18.1 Å². The fourth-order valence-electron chi connectivity index (χ4n) is 0.999. The van der Waals surface area contributed by atoms with E-state index >= 15 is 0 Å². The van der Waals surface area contributed by atoms with Crippen LogP contribution in [0, 0.1) is 6.92 Å². The van der Waals surface area contributed by atoms with Crippen LogP contribution in [0.25, 0.3) is 0 Å². The first-order chi connectivity index (χ1) is 4.84. The number of hydrogen-bond donors (Lipinski definition) is 1. The maximum Gasteiger partial charge on any atom is 0.0753 e. The van der Waals surface area contributed by atoms with Crippen LogP contribution in [0.3, 0.4) is 0 Å². The van der Waals surface area contributed by atoms with Gasteiger partial charge in [0.15, 0.2) is 0 Å². The smallest absolute Gasteiger partial charge is 0.0753 e. The Morgan fingerprint density at radius 3 is 2.70 bits per heavy atom. The van der Waals surface area contributed by atoms with Crippen molar-refractivity contribution in [3.05, 3.63) is 35.4 Å². The average molecular weight is 151 g/mol. The van der Waals surface area contributed by atoms with E-state index < -0.39 is 0 Å². The molecule has 0 amide bonds. The molecule has 10 heavy (non-hydrogen) atoms. The lowest BCUT2D eigenvalue weighted by Gasteiger charge is -2.02. The van der Waals surface area contributed by atoms with Crippen LogP contribution in [-0.2, 0) is 6.54 Å². The predicted octanol–water partition coefficient (Wildman–Crippen LogP) is 0.365. The second-order valence-corrected chi connectivity index (χ2v) is 3.16. The van der Waals surface area contributed by atoms with E-state index in [0.29, 0.717) is 0 Å². The lowest BCUT2D eigenvalue weighted by atomic mass is 10.1. The molecule has 0 radical (unpaired) electrons. The number of aryl methyl sites for hydroxylation is 1. The maximum absolute atomic E-state index is 3.26. The quantitative estimate of drug-likeness (QED) is 0.602. The van der Waals surface area contributed by atoms with Gasteiger partial charge >= 0.3 is 0 Å². The lowest BCUT2D eigenvalue weighted by Crippen LogP contribution is -2.08. The highest BCUT2D eigenvalue weighted by molar-refractivity contribution is 6.04. The van der Waals surface area contributed by atoms with Crippen molar-refractivity contribution in [3.63, 3.8) is 0 Å². The molecule has 0 unspecified atom stereocenters. The first-order valence-corrected chi connectivity index (χ1v) is 4.53. The largest absolute Gasteiger partial charge is 0.342 e. The van der Waals surface area contributed by atoms with Crippen molar-refractivity contribution in [2.24, 2.45) is 0 Å². The van der Waals surface area contributed by atoms with Crippen molar-refractivity contribution in [3.8, 4) is 0 Å². The topological polar surface area (TPSA) is 12.0 Å². The van der Waals surface area contributed by atoms with Gasteiger partial charge < -0.3 is 4.98 Å². The monoisotopic (exact) mass is 151 g/mol. The van der Waals surface area contributed by atoms with E-state index in [1.807, 2.05) is 0 Å². The van der Waals surface area contributed by atoms with Gasteiger partial charge in [0.2, 0.25) is 0 Å². The van der Waals surface area contributed by atoms with E-state index in [0.717, 1.165) is 16.9 Å². The molecule has 1 aromatic rings. The summed E-state index contributed by atoms with van der Waals surface area (Å²) in [5.41, 5.74) is 2.79. The standard InChI is InChI=1S/C8H13NSi/c1-7-4-2-3-5-8(7)6-9-10/h2-5,9H,6H2,1,10H3. The SMILES string of the molecule is Cc1ccccc1CN[SiH3]. The third-order valence-corrected chi connectivity index (χ3v) is 1.98. The molecular formula is C8H13NSi. The summed E-state index contributed by atoms with van der Waals surface area (Å²) < 4.78 is 0. The van der Waals surface area contributed by atoms with Crippen molar-refractivity contribution in [1.29, 1.82) is 0 Å². The lowest BCUT2D eigenvalue weighted by molar-refractivity contribution is 0.949. The van der Waals surface area contributed by atoms with Gasteiger partial charge in [-0.25, -0.2) is 0 Å². The molecule has 1 aromatic carbocycles. The Bertz CT molecular complexity index is 210. The van der Waals surface area contributed by atoms with Gasteiger partial charge in [-0.2, -0.15) is 0 Å². The molecule has 0 saturated heterocycles. The van der Waals surface area contributed by atoms with E-state index in [-0.39, 0.29) is 0 Å². The van der Waals surface area contributed by atoms with Gasteiger partial charge in [-0.1, -0.05) is 24.3 Å². The Balaban J connectivity index is 2.81. The first-order valence-electron chi connectivity index (χ1n) is 3.53.